The molecule has 0 aliphatic rings. The van der Waals surface area contributed by atoms with Crippen molar-refractivity contribution in [1.82, 2.24) is 15.0 Å². The molecule has 106 valence electrons. The normalized spacial score (nSPS) is 10.8. The summed E-state index contributed by atoms with van der Waals surface area (Å²) in [6, 6.07) is 3.71. The van der Waals surface area contributed by atoms with Gasteiger partial charge in [-0.3, -0.25) is 4.79 Å². The molecule has 0 bridgehead atoms. The van der Waals surface area contributed by atoms with Crippen LogP contribution in [0.3, 0.4) is 0 Å². The molecule has 0 spiro atoms. The zero-order valence-electron chi connectivity index (χ0n) is 11.6. The lowest BCUT2D eigenvalue weighted by atomic mass is 10.1. The van der Waals surface area contributed by atoms with E-state index in [9.17, 15) is 4.79 Å². The fourth-order valence-electron chi connectivity index (χ4n) is 1.82. The first kappa shape index (κ1) is 15.0. The maximum Gasteiger partial charge on any atom is 0.264 e. The van der Waals surface area contributed by atoms with E-state index >= 15 is 0 Å². The van der Waals surface area contributed by atoms with Crippen molar-refractivity contribution in [3.8, 4) is 5.88 Å². The molecule has 0 saturated carbocycles. The molecule has 0 aliphatic heterocycles. The van der Waals surface area contributed by atoms with Gasteiger partial charge in [-0.25, -0.2) is 9.97 Å². The number of rotatable bonds is 4. The average molecular weight is 385 g/mol. The van der Waals surface area contributed by atoms with Gasteiger partial charge in [-0.15, -0.1) is 0 Å². The number of hydrogen-bond acceptors (Lipinski definition) is 4. The van der Waals surface area contributed by atoms with Gasteiger partial charge >= 0.3 is 0 Å². The third-order valence-corrected chi connectivity index (χ3v) is 3.91. The molecule has 0 radical (unpaired) electrons. The van der Waals surface area contributed by atoms with Gasteiger partial charge in [-0.2, -0.15) is 0 Å². The number of ether oxygens (including phenoxy) is 1. The third-order valence-electron chi connectivity index (χ3n) is 2.86. The lowest BCUT2D eigenvalue weighted by molar-refractivity contribution is 0.397. The van der Waals surface area contributed by atoms with Crippen molar-refractivity contribution in [3.63, 3.8) is 0 Å². The Labute approximate surface area is 131 Å². The number of methoxy groups -OCH3 is 1. The molecule has 2 aromatic heterocycles. The standard InChI is InChI=1S/C14H16IN3O2/c1-8(2)13-12(15)14(19)18-10(17-13)6-9-4-5-11(20-3)16-7-9/h4-5,7-8H,6H2,1-3H3,(H,17,18,19). The minimum Gasteiger partial charge on any atom is -0.481 e. The fraction of sp³-hybridized carbons (Fsp3) is 0.357. The molecular formula is C14H16IN3O2. The van der Waals surface area contributed by atoms with Crippen LogP contribution >= 0.6 is 22.6 Å². The van der Waals surface area contributed by atoms with Crippen LogP contribution in [0, 0.1) is 3.57 Å². The molecule has 0 amide bonds. The molecule has 1 N–H and O–H groups in total. The van der Waals surface area contributed by atoms with Crippen molar-refractivity contribution in [1.29, 1.82) is 0 Å². The second-order valence-corrected chi connectivity index (χ2v) is 5.83. The minimum absolute atomic E-state index is 0.0826. The van der Waals surface area contributed by atoms with Crippen LogP contribution in [0.5, 0.6) is 5.88 Å². The number of aromatic nitrogens is 3. The Morgan fingerprint density at radius 3 is 2.70 bits per heavy atom. The zero-order chi connectivity index (χ0) is 14.7. The van der Waals surface area contributed by atoms with Crippen molar-refractivity contribution in [2.75, 3.05) is 7.11 Å². The Hall–Kier alpha value is -1.44. The Balaban J connectivity index is 2.31. The highest BCUT2D eigenvalue weighted by Crippen LogP contribution is 2.17. The zero-order valence-corrected chi connectivity index (χ0v) is 13.8. The van der Waals surface area contributed by atoms with E-state index in [1.54, 1.807) is 19.4 Å². The first-order valence-electron chi connectivity index (χ1n) is 6.28. The van der Waals surface area contributed by atoms with Crippen LogP contribution in [-0.4, -0.2) is 22.1 Å². The van der Waals surface area contributed by atoms with Gasteiger partial charge in [0.15, 0.2) is 0 Å². The van der Waals surface area contributed by atoms with Crippen LogP contribution in [0.1, 0.15) is 36.8 Å². The van der Waals surface area contributed by atoms with Crippen molar-refractivity contribution in [2.45, 2.75) is 26.2 Å². The van der Waals surface area contributed by atoms with Gasteiger partial charge in [-0.05, 0) is 34.1 Å². The summed E-state index contributed by atoms with van der Waals surface area (Å²) in [5.74, 6) is 1.45. The molecule has 0 unspecified atom stereocenters. The predicted octanol–water partition coefficient (Wildman–Crippen LogP) is 2.49. The van der Waals surface area contributed by atoms with Crippen molar-refractivity contribution >= 4 is 22.6 Å². The molecule has 6 heteroatoms. The number of pyridine rings is 1. The monoisotopic (exact) mass is 385 g/mol. The fourth-order valence-corrected chi connectivity index (χ4v) is 2.70. The van der Waals surface area contributed by atoms with E-state index in [0.717, 1.165) is 11.3 Å². The van der Waals surface area contributed by atoms with E-state index in [1.807, 2.05) is 42.5 Å². The van der Waals surface area contributed by atoms with Gasteiger partial charge in [0.05, 0.1) is 16.4 Å². The van der Waals surface area contributed by atoms with Crippen LogP contribution < -0.4 is 10.3 Å². The summed E-state index contributed by atoms with van der Waals surface area (Å²) in [6.45, 7) is 4.06. The van der Waals surface area contributed by atoms with Gasteiger partial charge in [0.25, 0.3) is 5.56 Å². The first-order valence-corrected chi connectivity index (χ1v) is 7.36. The van der Waals surface area contributed by atoms with E-state index < -0.39 is 0 Å². The summed E-state index contributed by atoms with van der Waals surface area (Å²) in [6.07, 6.45) is 2.27. The average Bonchev–Trinajstić information content (AvgIpc) is 2.43. The van der Waals surface area contributed by atoms with E-state index in [4.69, 9.17) is 4.74 Å². The Morgan fingerprint density at radius 1 is 1.40 bits per heavy atom. The topological polar surface area (TPSA) is 67.9 Å². The summed E-state index contributed by atoms with van der Waals surface area (Å²) in [5, 5.41) is 0. The summed E-state index contributed by atoms with van der Waals surface area (Å²) in [5.41, 5.74) is 1.73. The maximum atomic E-state index is 11.9. The quantitative estimate of drug-likeness (QED) is 0.822. The molecular weight excluding hydrogens is 369 g/mol. The second kappa shape index (κ2) is 6.34. The number of halogens is 1. The number of aromatic amines is 1. The first-order chi connectivity index (χ1) is 9.51. The SMILES string of the molecule is COc1ccc(Cc2nc(C(C)C)c(I)c(=O)[nH]2)cn1. The Kier molecular flexibility index (Phi) is 4.74. The minimum atomic E-state index is -0.0826. The van der Waals surface area contributed by atoms with Gasteiger partial charge < -0.3 is 9.72 Å². The Bertz CT molecular complexity index is 650. The maximum absolute atomic E-state index is 11.9. The van der Waals surface area contributed by atoms with Crippen LogP contribution in [0.25, 0.3) is 0 Å². The van der Waals surface area contributed by atoms with Gasteiger partial charge in [-0.1, -0.05) is 19.9 Å². The summed E-state index contributed by atoms with van der Waals surface area (Å²) in [4.78, 5) is 23.4. The second-order valence-electron chi connectivity index (χ2n) is 4.75. The molecule has 0 atom stereocenters. The van der Waals surface area contributed by atoms with Crippen LogP contribution in [0.15, 0.2) is 23.1 Å². The molecule has 0 fully saturated rings. The smallest absolute Gasteiger partial charge is 0.264 e. The molecule has 0 aliphatic carbocycles. The van der Waals surface area contributed by atoms with E-state index in [-0.39, 0.29) is 11.5 Å². The van der Waals surface area contributed by atoms with Crippen molar-refractivity contribution in [3.05, 3.63) is 49.3 Å². The van der Waals surface area contributed by atoms with Gasteiger partial charge in [0.1, 0.15) is 5.82 Å². The van der Waals surface area contributed by atoms with E-state index in [1.165, 1.54) is 0 Å². The van der Waals surface area contributed by atoms with E-state index in [0.29, 0.717) is 21.7 Å². The highest BCUT2D eigenvalue weighted by atomic mass is 127. The summed E-state index contributed by atoms with van der Waals surface area (Å²) >= 11 is 2.04. The number of nitrogens with zero attached hydrogens (tertiary/aromatic N) is 2. The molecule has 0 aromatic carbocycles. The molecule has 20 heavy (non-hydrogen) atoms. The van der Waals surface area contributed by atoms with Crippen LogP contribution in [0.4, 0.5) is 0 Å². The van der Waals surface area contributed by atoms with Crippen molar-refractivity contribution < 1.29 is 4.74 Å². The largest absolute Gasteiger partial charge is 0.481 e. The molecule has 5 nitrogen and oxygen atoms in total. The van der Waals surface area contributed by atoms with Crippen LogP contribution in [0.2, 0.25) is 0 Å². The third kappa shape index (κ3) is 3.36. The van der Waals surface area contributed by atoms with Gasteiger partial charge in [0.2, 0.25) is 5.88 Å². The molecule has 2 heterocycles. The number of nitrogens with one attached hydrogen (secondary N) is 1. The summed E-state index contributed by atoms with van der Waals surface area (Å²) < 4.78 is 5.68. The number of H-pyrrole nitrogens is 1. The highest BCUT2D eigenvalue weighted by Gasteiger charge is 2.12. The Morgan fingerprint density at radius 2 is 2.15 bits per heavy atom. The molecule has 0 saturated heterocycles. The summed E-state index contributed by atoms with van der Waals surface area (Å²) in [7, 11) is 1.58. The van der Waals surface area contributed by atoms with Gasteiger partial charge in [0, 0.05) is 18.7 Å². The van der Waals surface area contributed by atoms with E-state index in [2.05, 4.69) is 15.0 Å². The lowest BCUT2D eigenvalue weighted by Gasteiger charge is -2.09. The van der Waals surface area contributed by atoms with Crippen LogP contribution in [-0.2, 0) is 6.42 Å². The lowest BCUT2D eigenvalue weighted by Crippen LogP contribution is -2.19. The number of hydrogen-bond donors (Lipinski definition) is 1. The highest BCUT2D eigenvalue weighted by molar-refractivity contribution is 14.1. The predicted molar refractivity (Wildman–Crippen MR) is 85.3 cm³/mol. The molecule has 2 aromatic rings. The van der Waals surface area contributed by atoms with Crippen molar-refractivity contribution in [2.24, 2.45) is 0 Å². The molecule has 2 rings (SSSR count).